The standard InChI is InChI=1S/C12H17NO2/c13-11-3-5-12(6-4-11)15-8-7-14-9-10-1-2-10/h3-6,10H,1-2,7-9,13H2. The molecule has 0 saturated heterocycles. The van der Waals surface area contributed by atoms with E-state index in [1.165, 1.54) is 12.8 Å². The first-order valence-electron chi connectivity index (χ1n) is 5.40. The number of nitrogen functional groups attached to an aromatic ring is 1. The van der Waals surface area contributed by atoms with Crippen molar-refractivity contribution in [2.45, 2.75) is 12.8 Å². The molecule has 82 valence electrons. The van der Waals surface area contributed by atoms with Gasteiger partial charge in [0.2, 0.25) is 0 Å². The Labute approximate surface area is 90.2 Å². The molecule has 1 fully saturated rings. The Morgan fingerprint density at radius 3 is 2.53 bits per heavy atom. The van der Waals surface area contributed by atoms with E-state index in [1.807, 2.05) is 24.3 Å². The molecule has 3 heteroatoms. The molecule has 0 bridgehead atoms. The van der Waals surface area contributed by atoms with Gasteiger partial charge < -0.3 is 15.2 Å². The molecule has 0 heterocycles. The van der Waals surface area contributed by atoms with Crippen molar-refractivity contribution in [2.24, 2.45) is 5.92 Å². The zero-order chi connectivity index (χ0) is 10.5. The van der Waals surface area contributed by atoms with Crippen molar-refractivity contribution in [3.05, 3.63) is 24.3 Å². The molecule has 0 spiro atoms. The first-order chi connectivity index (χ1) is 7.34. The predicted molar refractivity (Wildman–Crippen MR) is 59.9 cm³/mol. The molecule has 1 aromatic rings. The number of nitrogens with two attached hydrogens (primary N) is 1. The highest BCUT2D eigenvalue weighted by Crippen LogP contribution is 2.28. The van der Waals surface area contributed by atoms with Gasteiger partial charge in [0.05, 0.1) is 6.61 Å². The molecular weight excluding hydrogens is 190 g/mol. The van der Waals surface area contributed by atoms with Gasteiger partial charge in [0.15, 0.2) is 0 Å². The number of ether oxygens (including phenoxy) is 2. The summed E-state index contributed by atoms with van der Waals surface area (Å²) in [5.41, 5.74) is 6.32. The zero-order valence-electron chi connectivity index (χ0n) is 8.82. The lowest BCUT2D eigenvalue weighted by Crippen LogP contribution is -2.08. The van der Waals surface area contributed by atoms with Crippen molar-refractivity contribution < 1.29 is 9.47 Å². The molecule has 1 aliphatic rings. The van der Waals surface area contributed by atoms with E-state index in [0.717, 1.165) is 24.0 Å². The summed E-state index contributed by atoms with van der Waals surface area (Å²) in [6.45, 7) is 2.17. The van der Waals surface area contributed by atoms with Crippen LogP contribution in [0.3, 0.4) is 0 Å². The molecule has 0 aromatic heterocycles. The fourth-order valence-corrected chi connectivity index (χ4v) is 1.32. The van der Waals surface area contributed by atoms with Crippen LogP contribution in [0.15, 0.2) is 24.3 Å². The van der Waals surface area contributed by atoms with Crippen LogP contribution in [0.4, 0.5) is 5.69 Å². The summed E-state index contributed by atoms with van der Waals surface area (Å²) in [5, 5.41) is 0. The van der Waals surface area contributed by atoms with E-state index in [0.29, 0.717) is 13.2 Å². The van der Waals surface area contributed by atoms with Gasteiger partial charge in [-0.05, 0) is 43.0 Å². The topological polar surface area (TPSA) is 44.5 Å². The molecule has 15 heavy (non-hydrogen) atoms. The molecule has 0 radical (unpaired) electrons. The average molecular weight is 207 g/mol. The van der Waals surface area contributed by atoms with Crippen LogP contribution in [0.2, 0.25) is 0 Å². The van der Waals surface area contributed by atoms with Crippen molar-refractivity contribution in [3.8, 4) is 5.75 Å². The minimum Gasteiger partial charge on any atom is -0.491 e. The molecule has 1 aromatic carbocycles. The molecule has 0 unspecified atom stereocenters. The van der Waals surface area contributed by atoms with Crippen molar-refractivity contribution >= 4 is 5.69 Å². The van der Waals surface area contributed by atoms with Gasteiger partial charge in [-0.15, -0.1) is 0 Å². The van der Waals surface area contributed by atoms with Gasteiger partial charge in [-0.3, -0.25) is 0 Å². The summed E-state index contributed by atoms with van der Waals surface area (Å²) in [4.78, 5) is 0. The number of hydrogen-bond acceptors (Lipinski definition) is 3. The van der Waals surface area contributed by atoms with E-state index < -0.39 is 0 Å². The second kappa shape index (κ2) is 5.03. The second-order valence-electron chi connectivity index (χ2n) is 3.94. The lowest BCUT2D eigenvalue weighted by molar-refractivity contribution is 0.0927. The third kappa shape index (κ3) is 3.80. The summed E-state index contributed by atoms with van der Waals surface area (Å²) in [5.74, 6) is 1.67. The van der Waals surface area contributed by atoms with Crippen molar-refractivity contribution in [3.63, 3.8) is 0 Å². The van der Waals surface area contributed by atoms with Gasteiger partial charge >= 0.3 is 0 Å². The molecule has 2 rings (SSSR count). The van der Waals surface area contributed by atoms with E-state index in [9.17, 15) is 0 Å². The van der Waals surface area contributed by atoms with E-state index in [-0.39, 0.29) is 0 Å². The quantitative estimate of drug-likeness (QED) is 0.573. The summed E-state index contributed by atoms with van der Waals surface area (Å²) in [6.07, 6.45) is 2.66. The monoisotopic (exact) mass is 207 g/mol. The third-order valence-corrected chi connectivity index (χ3v) is 2.43. The van der Waals surface area contributed by atoms with Gasteiger partial charge in [-0.25, -0.2) is 0 Å². The van der Waals surface area contributed by atoms with Gasteiger partial charge in [0.1, 0.15) is 12.4 Å². The maximum absolute atomic E-state index is 5.56. The minimum atomic E-state index is 0.608. The lowest BCUT2D eigenvalue weighted by Gasteiger charge is -2.06. The Hall–Kier alpha value is -1.22. The maximum atomic E-state index is 5.56. The van der Waals surface area contributed by atoms with Crippen LogP contribution in [0.5, 0.6) is 5.75 Å². The Balaban J connectivity index is 1.58. The molecule has 1 saturated carbocycles. The smallest absolute Gasteiger partial charge is 0.119 e. The Bertz CT molecular complexity index is 293. The highest BCUT2D eigenvalue weighted by Gasteiger charge is 2.20. The molecule has 2 N–H and O–H groups in total. The first kappa shape index (κ1) is 10.3. The van der Waals surface area contributed by atoms with Crippen LogP contribution >= 0.6 is 0 Å². The summed E-state index contributed by atoms with van der Waals surface area (Å²) < 4.78 is 10.9. The lowest BCUT2D eigenvalue weighted by atomic mass is 10.3. The van der Waals surface area contributed by atoms with Gasteiger partial charge in [-0.1, -0.05) is 0 Å². The predicted octanol–water partition coefficient (Wildman–Crippen LogP) is 2.07. The van der Waals surface area contributed by atoms with Gasteiger partial charge in [0.25, 0.3) is 0 Å². The van der Waals surface area contributed by atoms with Crippen LogP contribution < -0.4 is 10.5 Å². The van der Waals surface area contributed by atoms with Crippen LogP contribution in [0.25, 0.3) is 0 Å². The molecule has 1 aliphatic carbocycles. The number of anilines is 1. The first-order valence-corrected chi connectivity index (χ1v) is 5.40. The van der Waals surface area contributed by atoms with Crippen LogP contribution in [0, 0.1) is 5.92 Å². The fourth-order valence-electron chi connectivity index (χ4n) is 1.32. The van der Waals surface area contributed by atoms with Crippen molar-refractivity contribution in [1.82, 2.24) is 0 Å². The highest BCUT2D eigenvalue weighted by molar-refractivity contribution is 5.41. The van der Waals surface area contributed by atoms with Crippen LogP contribution in [-0.2, 0) is 4.74 Å². The maximum Gasteiger partial charge on any atom is 0.119 e. The molecule has 0 aliphatic heterocycles. The Morgan fingerprint density at radius 2 is 1.87 bits per heavy atom. The van der Waals surface area contributed by atoms with E-state index >= 15 is 0 Å². The normalized spacial score (nSPS) is 15.2. The summed E-state index contributed by atoms with van der Waals surface area (Å²) >= 11 is 0. The molecular formula is C12H17NO2. The van der Waals surface area contributed by atoms with Crippen LogP contribution in [0.1, 0.15) is 12.8 Å². The summed E-state index contributed by atoms with van der Waals surface area (Å²) in [6, 6.07) is 7.41. The van der Waals surface area contributed by atoms with Crippen molar-refractivity contribution in [2.75, 3.05) is 25.6 Å². The van der Waals surface area contributed by atoms with Crippen LogP contribution in [-0.4, -0.2) is 19.8 Å². The Kier molecular flexibility index (Phi) is 3.45. The molecule has 0 atom stereocenters. The average Bonchev–Trinajstić information content (AvgIpc) is 3.04. The van der Waals surface area contributed by atoms with Gasteiger partial charge in [-0.2, -0.15) is 0 Å². The highest BCUT2D eigenvalue weighted by atomic mass is 16.5. The van der Waals surface area contributed by atoms with E-state index in [4.69, 9.17) is 15.2 Å². The molecule has 0 amide bonds. The number of hydrogen-bond donors (Lipinski definition) is 1. The fraction of sp³-hybridized carbons (Fsp3) is 0.500. The second-order valence-corrected chi connectivity index (χ2v) is 3.94. The largest absolute Gasteiger partial charge is 0.491 e. The zero-order valence-corrected chi connectivity index (χ0v) is 8.82. The number of rotatable bonds is 6. The number of benzene rings is 1. The summed E-state index contributed by atoms with van der Waals surface area (Å²) in [7, 11) is 0. The SMILES string of the molecule is Nc1ccc(OCCOCC2CC2)cc1. The van der Waals surface area contributed by atoms with E-state index in [1.54, 1.807) is 0 Å². The van der Waals surface area contributed by atoms with Gasteiger partial charge in [0, 0.05) is 12.3 Å². The van der Waals surface area contributed by atoms with E-state index in [2.05, 4.69) is 0 Å². The minimum absolute atomic E-state index is 0.608. The third-order valence-electron chi connectivity index (χ3n) is 2.43. The molecule has 3 nitrogen and oxygen atoms in total. The Morgan fingerprint density at radius 1 is 1.13 bits per heavy atom. The van der Waals surface area contributed by atoms with Crippen molar-refractivity contribution in [1.29, 1.82) is 0 Å².